The van der Waals surface area contributed by atoms with Gasteiger partial charge >= 0.3 is 6.41 Å². The van der Waals surface area contributed by atoms with Gasteiger partial charge in [0.1, 0.15) is 6.20 Å². The molecule has 4 rings (SSSR count). The van der Waals surface area contributed by atoms with Crippen molar-refractivity contribution >= 4 is 12.7 Å². The van der Waals surface area contributed by atoms with E-state index in [1.165, 1.54) is 0 Å². The molecule has 3 nitrogen and oxygen atoms in total. The number of carbonyl (C=O) groups is 1. The van der Waals surface area contributed by atoms with Crippen molar-refractivity contribution in [3.8, 4) is 0 Å². The van der Waals surface area contributed by atoms with Crippen LogP contribution in [0.1, 0.15) is 16.7 Å². The molecule has 3 aromatic carbocycles. The van der Waals surface area contributed by atoms with Gasteiger partial charge in [-0.25, -0.2) is 9.79 Å². The molecule has 0 radical (unpaired) electrons. The van der Waals surface area contributed by atoms with Crippen LogP contribution in [0.5, 0.6) is 0 Å². The van der Waals surface area contributed by atoms with Crippen LogP contribution in [0, 0.1) is 0 Å². The van der Waals surface area contributed by atoms with E-state index in [-0.39, 0.29) is 4.48 Å². The van der Waals surface area contributed by atoms with Crippen molar-refractivity contribution in [2.24, 2.45) is 4.99 Å². The zero-order chi connectivity index (χ0) is 17.9. The largest absolute Gasteiger partial charge is 0.313 e. The molecular formula is C23H19N2O+. The zero-order valence-electron chi connectivity index (χ0n) is 14.3. The van der Waals surface area contributed by atoms with Crippen LogP contribution in [0.15, 0.2) is 108 Å². The molecule has 0 aromatic heterocycles. The maximum atomic E-state index is 12.5. The molecule has 1 amide bonds. The molecule has 1 atom stereocenters. The smallest absolute Gasteiger partial charge is 0.233 e. The minimum atomic E-state index is -0.762. The lowest BCUT2D eigenvalue weighted by Crippen LogP contribution is -2.58. The first kappa shape index (κ1) is 16.2. The van der Waals surface area contributed by atoms with Gasteiger partial charge in [-0.15, -0.1) is 0 Å². The van der Waals surface area contributed by atoms with Gasteiger partial charge in [0, 0.05) is 16.7 Å². The molecule has 1 aliphatic rings. The summed E-state index contributed by atoms with van der Waals surface area (Å²) in [6.45, 7) is 0. The minimum Gasteiger partial charge on any atom is -0.233 e. The molecule has 1 heterocycles. The molecule has 0 aliphatic carbocycles. The van der Waals surface area contributed by atoms with Gasteiger partial charge in [-0.05, 0) is 0 Å². The van der Waals surface area contributed by atoms with E-state index in [1.807, 2.05) is 60.8 Å². The highest BCUT2D eigenvalue weighted by molar-refractivity contribution is 5.69. The summed E-state index contributed by atoms with van der Waals surface area (Å²) in [5, 5.41) is 0. The number of carbonyl (C=O) groups excluding carboxylic acids is 1. The summed E-state index contributed by atoms with van der Waals surface area (Å²) >= 11 is 0. The summed E-state index contributed by atoms with van der Waals surface area (Å²) in [5.41, 5.74) is 2.33. The average molecular weight is 339 g/mol. The van der Waals surface area contributed by atoms with Crippen molar-refractivity contribution in [1.29, 1.82) is 0 Å². The van der Waals surface area contributed by atoms with Gasteiger partial charge in [0.15, 0.2) is 5.54 Å². The molecule has 0 spiro atoms. The SMILES string of the molecule is O=C[N+]1(C(c2ccccc2)(c2ccccc2)c2ccccc2)C=CN=C1. The van der Waals surface area contributed by atoms with E-state index in [1.54, 1.807) is 12.5 Å². The van der Waals surface area contributed by atoms with Crippen LogP contribution < -0.4 is 0 Å². The maximum absolute atomic E-state index is 12.5. The summed E-state index contributed by atoms with van der Waals surface area (Å²) in [4.78, 5) is 16.8. The standard InChI is InChI=1S/C23H19N2O/c26-19-25(17-16-24-18-25)23(20-10-4-1-5-11-20,21-12-6-2-7-13-21)22-14-8-3-9-15-22/h1-19H/q+1. The van der Waals surface area contributed by atoms with Crippen LogP contribution in [0.2, 0.25) is 0 Å². The van der Waals surface area contributed by atoms with Gasteiger partial charge in [-0.2, -0.15) is 4.48 Å². The topological polar surface area (TPSA) is 29.4 Å². The van der Waals surface area contributed by atoms with Gasteiger partial charge in [0.2, 0.25) is 6.34 Å². The molecule has 0 saturated carbocycles. The number of nitrogens with zero attached hydrogens (tertiary/aromatic N) is 2. The number of hydrogen-bond acceptors (Lipinski definition) is 2. The van der Waals surface area contributed by atoms with Crippen LogP contribution in [-0.2, 0) is 10.3 Å². The minimum absolute atomic E-state index is 0.0506. The van der Waals surface area contributed by atoms with Crippen LogP contribution in [0.25, 0.3) is 0 Å². The summed E-state index contributed by atoms with van der Waals surface area (Å²) in [6, 6.07) is 30.5. The lowest BCUT2D eigenvalue weighted by molar-refractivity contribution is -0.745. The van der Waals surface area contributed by atoms with Crippen molar-refractivity contribution in [2.75, 3.05) is 0 Å². The third kappa shape index (κ3) is 2.25. The number of quaternary nitrogens is 1. The Balaban J connectivity index is 2.17. The molecule has 1 unspecified atom stereocenters. The van der Waals surface area contributed by atoms with Crippen molar-refractivity contribution < 1.29 is 9.28 Å². The quantitative estimate of drug-likeness (QED) is 0.383. The molecule has 0 bridgehead atoms. The molecule has 126 valence electrons. The number of benzene rings is 3. The Hall–Kier alpha value is -3.30. The molecule has 0 N–H and O–H groups in total. The predicted octanol–water partition coefficient (Wildman–Crippen LogP) is 4.46. The average Bonchev–Trinajstić information content (AvgIpc) is 3.22. The van der Waals surface area contributed by atoms with E-state index in [0.717, 1.165) is 23.1 Å². The second kappa shape index (κ2) is 6.54. The van der Waals surface area contributed by atoms with E-state index >= 15 is 0 Å². The van der Waals surface area contributed by atoms with Crippen molar-refractivity contribution in [2.45, 2.75) is 5.54 Å². The fourth-order valence-electron chi connectivity index (χ4n) is 3.88. The van der Waals surface area contributed by atoms with Gasteiger partial charge in [0.05, 0.1) is 6.20 Å². The van der Waals surface area contributed by atoms with Crippen molar-refractivity contribution in [1.82, 2.24) is 0 Å². The molecular weight excluding hydrogens is 320 g/mol. The van der Waals surface area contributed by atoms with Crippen LogP contribution in [0.3, 0.4) is 0 Å². The van der Waals surface area contributed by atoms with E-state index in [4.69, 9.17) is 0 Å². The van der Waals surface area contributed by atoms with Gasteiger partial charge in [0.25, 0.3) is 0 Å². The van der Waals surface area contributed by atoms with E-state index in [0.29, 0.717) is 0 Å². The van der Waals surface area contributed by atoms with Crippen molar-refractivity contribution in [3.63, 3.8) is 0 Å². The summed E-state index contributed by atoms with van der Waals surface area (Å²) in [5.74, 6) is 0. The summed E-state index contributed by atoms with van der Waals surface area (Å²) in [7, 11) is 0. The molecule has 26 heavy (non-hydrogen) atoms. The predicted molar refractivity (Wildman–Crippen MR) is 103 cm³/mol. The number of aliphatic imine (C=N–C) groups is 1. The number of hydrogen-bond donors (Lipinski definition) is 0. The normalized spacial score (nSPS) is 18.8. The Morgan fingerprint density at radius 1 is 0.692 bits per heavy atom. The molecule has 3 aromatic rings. The van der Waals surface area contributed by atoms with Gasteiger partial charge in [-0.1, -0.05) is 91.0 Å². The van der Waals surface area contributed by atoms with E-state index in [2.05, 4.69) is 41.4 Å². The van der Waals surface area contributed by atoms with E-state index in [9.17, 15) is 4.79 Å². The van der Waals surface area contributed by atoms with Gasteiger partial charge < -0.3 is 0 Å². The zero-order valence-corrected chi connectivity index (χ0v) is 14.3. The summed E-state index contributed by atoms with van der Waals surface area (Å²) < 4.78 is -0.0506. The third-order valence-electron chi connectivity index (χ3n) is 4.99. The first-order chi connectivity index (χ1) is 12.8. The van der Waals surface area contributed by atoms with Crippen LogP contribution in [0.4, 0.5) is 0 Å². The Bertz CT molecular complexity index is 839. The van der Waals surface area contributed by atoms with Crippen LogP contribution >= 0.6 is 0 Å². The Kier molecular flexibility index (Phi) is 4.07. The lowest BCUT2D eigenvalue weighted by atomic mass is 9.74. The molecule has 0 saturated heterocycles. The number of amides is 1. The fourth-order valence-corrected chi connectivity index (χ4v) is 3.88. The lowest BCUT2D eigenvalue weighted by Gasteiger charge is -2.43. The second-order valence-corrected chi connectivity index (χ2v) is 6.31. The highest BCUT2D eigenvalue weighted by Crippen LogP contribution is 2.46. The van der Waals surface area contributed by atoms with Crippen molar-refractivity contribution in [3.05, 3.63) is 120 Å². The van der Waals surface area contributed by atoms with E-state index < -0.39 is 5.54 Å². The first-order valence-corrected chi connectivity index (χ1v) is 8.57. The fraction of sp³-hybridized carbons (Fsp3) is 0.0435. The Morgan fingerprint density at radius 3 is 1.42 bits per heavy atom. The van der Waals surface area contributed by atoms with Gasteiger partial charge in [-0.3, -0.25) is 0 Å². The van der Waals surface area contributed by atoms with Crippen LogP contribution in [-0.4, -0.2) is 17.2 Å². The maximum Gasteiger partial charge on any atom is 0.313 e. The molecule has 0 fully saturated rings. The Labute approximate surface area is 153 Å². The second-order valence-electron chi connectivity index (χ2n) is 6.31. The third-order valence-corrected chi connectivity index (χ3v) is 4.99. The molecule has 3 heteroatoms. The highest BCUT2D eigenvalue weighted by atomic mass is 16.1. The number of rotatable bonds is 5. The Morgan fingerprint density at radius 2 is 1.12 bits per heavy atom. The first-order valence-electron chi connectivity index (χ1n) is 8.57. The molecule has 1 aliphatic heterocycles. The highest BCUT2D eigenvalue weighted by Gasteiger charge is 2.55. The summed E-state index contributed by atoms with van der Waals surface area (Å²) in [6.07, 6.45) is 6.21. The monoisotopic (exact) mass is 339 g/mol.